The number of hydrogen-bond donors (Lipinski definition) is 2. The Bertz CT molecular complexity index is 585. The Hall–Kier alpha value is -1.40. The number of amides is 1. The minimum atomic E-state index is -0.494. The van der Waals surface area contributed by atoms with Gasteiger partial charge in [0.15, 0.2) is 5.69 Å². The maximum Gasteiger partial charge on any atom is 0.274 e. The number of aliphatic hydroxyl groups is 1. The van der Waals surface area contributed by atoms with E-state index in [9.17, 15) is 9.90 Å². The number of nitrogens with zero attached hydrogens (tertiary/aromatic N) is 2. The number of aromatic nitrogens is 1. The first kappa shape index (κ1) is 16.5. The average Bonchev–Trinajstić information content (AvgIpc) is 3.01. The zero-order valence-electron chi connectivity index (χ0n) is 14.4. The van der Waals surface area contributed by atoms with Gasteiger partial charge in [-0.15, -0.1) is 0 Å². The van der Waals surface area contributed by atoms with Crippen molar-refractivity contribution in [3.8, 4) is 0 Å². The van der Waals surface area contributed by atoms with Crippen molar-refractivity contribution in [2.45, 2.75) is 58.7 Å². The monoisotopic (exact) mass is 321 g/mol. The summed E-state index contributed by atoms with van der Waals surface area (Å²) >= 11 is 0. The molecule has 2 N–H and O–H groups in total. The Balaban J connectivity index is 1.70. The number of rotatable bonds is 4. The molecule has 1 saturated heterocycles. The lowest BCUT2D eigenvalue weighted by molar-refractivity contribution is -0.0963. The Morgan fingerprint density at radius 3 is 2.87 bits per heavy atom. The molecule has 6 nitrogen and oxygen atoms in total. The van der Waals surface area contributed by atoms with Crippen LogP contribution < -0.4 is 5.32 Å². The maximum atomic E-state index is 12.3. The standard InChI is InChI=1S/C17H27N3O3/c1-5-20-9-17(15(20)10(2)3)6-12(13(21)7-17)18-16(22)14-11(4)8-23-19-14/h8,10,12-13,15,21H,5-7,9H2,1-4H3,(H,18,22)/t12-,13-,15?,17?/m1/s1. The second kappa shape index (κ2) is 5.91. The minimum absolute atomic E-state index is 0.125. The fourth-order valence-corrected chi connectivity index (χ4v) is 4.79. The van der Waals surface area contributed by atoms with E-state index in [2.05, 4.69) is 36.1 Å². The van der Waals surface area contributed by atoms with Crippen LogP contribution in [0.1, 0.15) is 49.7 Å². The molecule has 1 saturated carbocycles. The van der Waals surface area contributed by atoms with Gasteiger partial charge in [0.2, 0.25) is 0 Å². The highest BCUT2D eigenvalue weighted by Crippen LogP contribution is 2.52. The van der Waals surface area contributed by atoms with Gasteiger partial charge in [0.25, 0.3) is 5.91 Å². The molecule has 1 aliphatic carbocycles. The van der Waals surface area contributed by atoms with Crippen LogP contribution in [-0.2, 0) is 0 Å². The summed E-state index contributed by atoms with van der Waals surface area (Å²) < 4.78 is 4.83. The molecule has 23 heavy (non-hydrogen) atoms. The molecule has 1 amide bonds. The van der Waals surface area contributed by atoms with Gasteiger partial charge in [0.1, 0.15) is 6.26 Å². The Morgan fingerprint density at radius 1 is 1.57 bits per heavy atom. The minimum Gasteiger partial charge on any atom is -0.391 e. The third-order valence-corrected chi connectivity index (χ3v) is 5.56. The summed E-state index contributed by atoms with van der Waals surface area (Å²) in [5, 5.41) is 17.2. The number of carbonyl (C=O) groups excluding carboxylic acids is 1. The molecule has 2 heterocycles. The van der Waals surface area contributed by atoms with E-state index in [1.54, 1.807) is 6.92 Å². The molecule has 1 spiro atoms. The van der Waals surface area contributed by atoms with Crippen LogP contribution in [0, 0.1) is 18.3 Å². The molecular formula is C17H27N3O3. The Morgan fingerprint density at radius 2 is 2.30 bits per heavy atom. The van der Waals surface area contributed by atoms with Crippen LogP contribution in [0.15, 0.2) is 10.8 Å². The molecule has 1 aliphatic heterocycles. The van der Waals surface area contributed by atoms with Crippen LogP contribution in [0.3, 0.4) is 0 Å². The van der Waals surface area contributed by atoms with Crippen LogP contribution >= 0.6 is 0 Å². The predicted octanol–water partition coefficient (Wildman–Crippen LogP) is 1.58. The van der Waals surface area contributed by atoms with Gasteiger partial charge in [-0.2, -0.15) is 0 Å². The number of aryl methyl sites for hydroxylation is 1. The van der Waals surface area contributed by atoms with E-state index in [-0.39, 0.29) is 17.4 Å². The number of carbonyl (C=O) groups is 1. The van der Waals surface area contributed by atoms with Gasteiger partial charge in [-0.3, -0.25) is 9.69 Å². The number of likely N-dealkylation sites (tertiary alicyclic amines) is 1. The van der Waals surface area contributed by atoms with Gasteiger partial charge in [0, 0.05) is 23.6 Å². The number of hydrogen-bond acceptors (Lipinski definition) is 5. The van der Waals surface area contributed by atoms with Gasteiger partial charge in [-0.1, -0.05) is 25.9 Å². The first-order chi connectivity index (χ1) is 10.9. The molecule has 2 unspecified atom stereocenters. The van der Waals surface area contributed by atoms with Gasteiger partial charge in [-0.05, 0) is 32.2 Å². The fraction of sp³-hybridized carbons (Fsp3) is 0.765. The van der Waals surface area contributed by atoms with E-state index < -0.39 is 6.10 Å². The van der Waals surface area contributed by atoms with Crippen LogP contribution in [-0.4, -0.2) is 52.3 Å². The first-order valence-corrected chi connectivity index (χ1v) is 8.52. The Labute approximate surface area is 137 Å². The lowest BCUT2D eigenvalue weighted by Crippen LogP contribution is -2.65. The SMILES string of the molecule is CCN1CC2(C[C@@H](O)[C@H](NC(=O)c3nocc3C)C2)C1C(C)C. The number of nitrogens with one attached hydrogen (secondary N) is 1. The Kier molecular flexibility index (Phi) is 4.23. The van der Waals surface area contributed by atoms with Gasteiger partial charge in [0.05, 0.1) is 12.1 Å². The molecule has 128 valence electrons. The van der Waals surface area contributed by atoms with E-state index in [1.165, 1.54) is 6.26 Å². The summed E-state index contributed by atoms with van der Waals surface area (Å²) in [6.07, 6.45) is 2.55. The molecule has 3 rings (SSSR count). The van der Waals surface area contributed by atoms with Crippen molar-refractivity contribution in [1.29, 1.82) is 0 Å². The van der Waals surface area contributed by atoms with Crippen LogP contribution in [0.2, 0.25) is 0 Å². The summed E-state index contributed by atoms with van der Waals surface area (Å²) in [6, 6.07) is 0.275. The zero-order valence-corrected chi connectivity index (χ0v) is 14.4. The van der Waals surface area contributed by atoms with Gasteiger partial charge >= 0.3 is 0 Å². The summed E-state index contributed by atoms with van der Waals surface area (Å²) in [7, 11) is 0. The molecule has 1 aromatic rings. The third kappa shape index (κ3) is 2.68. The van der Waals surface area contributed by atoms with Gasteiger partial charge in [-0.25, -0.2) is 0 Å². The van der Waals surface area contributed by atoms with Crippen molar-refractivity contribution >= 4 is 5.91 Å². The average molecular weight is 321 g/mol. The lowest BCUT2D eigenvalue weighted by atomic mass is 9.65. The first-order valence-electron chi connectivity index (χ1n) is 8.52. The van der Waals surface area contributed by atoms with E-state index in [0.717, 1.165) is 25.9 Å². The largest absolute Gasteiger partial charge is 0.391 e. The van der Waals surface area contributed by atoms with Crippen molar-refractivity contribution in [3.05, 3.63) is 17.5 Å². The zero-order chi connectivity index (χ0) is 16.8. The van der Waals surface area contributed by atoms with Crippen LogP contribution in [0.25, 0.3) is 0 Å². The third-order valence-electron chi connectivity index (χ3n) is 5.56. The topological polar surface area (TPSA) is 78.6 Å². The van der Waals surface area contributed by atoms with Crippen molar-refractivity contribution in [1.82, 2.24) is 15.4 Å². The maximum absolute atomic E-state index is 12.3. The normalized spacial score (nSPS) is 34.1. The molecule has 0 aromatic carbocycles. The lowest BCUT2D eigenvalue weighted by Gasteiger charge is -2.58. The van der Waals surface area contributed by atoms with Crippen LogP contribution in [0.5, 0.6) is 0 Å². The van der Waals surface area contributed by atoms with E-state index in [1.807, 2.05) is 0 Å². The predicted molar refractivity (Wildman–Crippen MR) is 86.0 cm³/mol. The van der Waals surface area contributed by atoms with Crippen molar-refractivity contribution in [2.75, 3.05) is 13.1 Å². The summed E-state index contributed by atoms with van der Waals surface area (Å²) in [4.78, 5) is 14.8. The molecule has 0 bridgehead atoms. The van der Waals surface area contributed by atoms with Crippen LogP contribution in [0.4, 0.5) is 0 Å². The van der Waals surface area contributed by atoms with E-state index in [0.29, 0.717) is 23.2 Å². The second-order valence-electron chi connectivity index (χ2n) is 7.52. The fourth-order valence-electron chi connectivity index (χ4n) is 4.79. The van der Waals surface area contributed by atoms with Crippen molar-refractivity contribution in [3.63, 3.8) is 0 Å². The molecular weight excluding hydrogens is 294 g/mol. The molecule has 2 aliphatic rings. The summed E-state index contributed by atoms with van der Waals surface area (Å²) in [5.74, 6) is 0.285. The highest BCUT2D eigenvalue weighted by Gasteiger charge is 2.58. The highest BCUT2D eigenvalue weighted by atomic mass is 16.5. The van der Waals surface area contributed by atoms with E-state index in [4.69, 9.17) is 4.52 Å². The van der Waals surface area contributed by atoms with Gasteiger partial charge < -0.3 is 14.9 Å². The van der Waals surface area contributed by atoms with Crippen molar-refractivity contribution in [2.24, 2.45) is 11.3 Å². The molecule has 0 radical (unpaired) electrons. The molecule has 1 aromatic heterocycles. The molecule has 4 atom stereocenters. The van der Waals surface area contributed by atoms with E-state index >= 15 is 0 Å². The summed E-state index contributed by atoms with van der Waals surface area (Å²) in [6.45, 7) is 10.5. The molecule has 6 heteroatoms. The second-order valence-corrected chi connectivity index (χ2v) is 7.52. The van der Waals surface area contributed by atoms with Crippen molar-refractivity contribution < 1.29 is 14.4 Å². The smallest absolute Gasteiger partial charge is 0.274 e. The highest BCUT2D eigenvalue weighted by molar-refractivity contribution is 5.93. The summed E-state index contributed by atoms with van der Waals surface area (Å²) in [5.41, 5.74) is 1.15. The number of aliphatic hydroxyl groups excluding tert-OH is 1. The quantitative estimate of drug-likeness (QED) is 0.880. The molecule has 2 fully saturated rings.